The van der Waals surface area contributed by atoms with Crippen LogP contribution in [0.25, 0.3) is 0 Å². The van der Waals surface area contributed by atoms with Gasteiger partial charge in [-0.25, -0.2) is 19.0 Å². The largest absolute Gasteiger partial charge is 0.477 e. The van der Waals surface area contributed by atoms with Crippen molar-refractivity contribution in [3.63, 3.8) is 0 Å². The number of carbonyl (C=O) groups is 2. The van der Waals surface area contributed by atoms with Crippen LogP contribution in [-0.4, -0.2) is 22.1 Å². The quantitative estimate of drug-likeness (QED) is 0.812. The van der Waals surface area contributed by atoms with Crippen LogP contribution in [0.2, 0.25) is 0 Å². The summed E-state index contributed by atoms with van der Waals surface area (Å²) in [6, 6.07) is 4.66. The van der Waals surface area contributed by atoms with Crippen molar-refractivity contribution in [2.45, 2.75) is 6.92 Å². The fourth-order valence-electron chi connectivity index (χ4n) is 1.44. The van der Waals surface area contributed by atoms with Gasteiger partial charge in [-0.3, -0.25) is 5.32 Å². The lowest BCUT2D eigenvalue weighted by atomic mass is 10.3. The fraction of sp³-hybridized carbons (Fsp3) is 0.0833. The SMILES string of the molecule is Cc1nc(NC(=O)Nc2ccc(F)cc2)sc1C(=O)O. The number of halogens is 1. The van der Waals surface area contributed by atoms with Gasteiger partial charge in [0.25, 0.3) is 0 Å². The molecule has 6 nitrogen and oxygen atoms in total. The third kappa shape index (κ3) is 3.29. The standard InChI is InChI=1S/C12H10FN3O3S/c1-6-9(10(17)18)20-12(14-6)16-11(19)15-8-4-2-7(13)3-5-8/h2-5H,1H3,(H,17,18)(H2,14,15,16,19). The van der Waals surface area contributed by atoms with Gasteiger partial charge in [0, 0.05) is 5.69 Å². The molecule has 0 aliphatic carbocycles. The Balaban J connectivity index is 2.03. The molecule has 2 amide bonds. The number of carboxylic acid groups (broad SMARTS) is 1. The number of carboxylic acids is 1. The van der Waals surface area contributed by atoms with E-state index in [4.69, 9.17) is 5.11 Å². The molecule has 1 aromatic heterocycles. The van der Waals surface area contributed by atoms with Crippen molar-refractivity contribution < 1.29 is 19.1 Å². The lowest BCUT2D eigenvalue weighted by molar-refractivity contribution is 0.0701. The second kappa shape index (κ2) is 5.66. The van der Waals surface area contributed by atoms with Crippen molar-refractivity contribution >= 4 is 34.2 Å². The zero-order chi connectivity index (χ0) is 14.7. The smallest absolute Gasteiger partial charge is 0.347 e. The summed E-state index contributed by atoms with van der Waals surface area (Å²) in [5.74, 6) is -1.50. The Labute approximate surface area is 117 Å². The van der Waals surface area contributed by atoms with Crippen LogP contribution in [0.4, 0.5) is 20.0 Å². The topological polar surface area (TPSA) is 91.3 Å². The summed E-state index contributed by atoms with van der Waals surface area (Å²) in [6.45, 7) is 1.54. The summed E-state index contributed by atoms with van der Waals surface area (Å²) in [7, 11) is 0. The normalized spacial score (nSPS) is 10.1. The van der Waals surface area contributed by atoms with Crippen LogP contribution in [-0.2, 0) is 0 Å². The average Bonchev–Trinajstić information content (AvgIpc) is 2.73. The molecule has 0 saturated heterocycles. The Hall–Kier alpha value is -2.48. The Bertz CT molecular complexity index is 654. The molecule has 104 valence electrons. The molecule has 0 spiro atoms. The summed E-state index contributed by atoms with van der Waals surface area (Å²) in [5, 5.41) is 14.0. The van der Waals surface area contributed by atoms with E-state index in [9.17, 15) is 14.0 Å². The van der Waals surface area contributed by atoms with E-state index in [0.29, 0.717) is 11.4 Å². The van der Waals surface area contributed by atoms with Crippen molar-refractivity contribution in [2.24, 2.45) is 0 Å². The van der Waals surface area contributed by atoms with Gasteiger partial charge in [0.1, 0.15) is 10.7 Å². The van der Waals surface area contributed by atoms with E-state index in [2.05, 4.69) is 15.6 Å². The molecule has 20 heavy (non-hydrogen) atoms. The second-order valence-electron chi connectivity index (χ2n) is 3.82. The molecule has 0 aliphatic rings. The van der Waals surface area contributed by atoms with E-state index in [1.807, 2.05) is 0 Å². The molecule has 2 aromatic rings. The number of carbonyl (C=O) groups excluding carboxylic acids is 1. The second-order valence-corrected chi connectivity index (χ2v) is 4.82. The summed E-state index contributed by atoms with van der Waals surface area (Å²) in [6.07, 6.45) is 0. The van der Waals surface area contributed by atoms with Crippen molar-refractivity contribution in [1.29, 1.82) is 0 Å². The Morgan fingerprint density at radius 2 is 1.90 bits per heavy atom. The van der Waals surface area contributed by atoms with Crippen LogP contribution in [0.5, 0.6) is 0 Å². The number of urea groups is 1. The van der Waals surface area contributed by atoms with Gasteiger partial charge >= 0.3 is 12.0 Å². The van der Waals surface area contributed by atoms with Crippen molar-refractivity contribution in [2.75, 3.05) is 10.6 Å². The molecule has 0 radical (unpaired) electrons. The Kier molecular flexibility index (Phi) is 3.94. The maximum Gasteiger partial charge on any atom is 0.347 e. The number of aromatic nitrogens is 1. The van der Waals surface area contributed by atoms with Crippen LogP contribution in [0, 0.1) is 12.7 Å². The highest BCUT2D eigenvalue weighted by Crippen LogP contribution is 2.22. The molecule has 0 atom stereocenters. The number of thiazole rings is 1. The molecular weight excluding hydrogens is 285 g/mol. The summed E-state index contributed by atoms with van der Waals surface area (Å²) in [5.41, 5.74) is 0.746. The highest BCUT2D eigenvalue weighted by molar-refractivity contribution is 7.17. The predicted molar refractivity (Wildman–Crippen MR) is 72.9 cm³/mol. The third-order valence-electron chi connectivity index (χ3n) is 2.31. The number of rotatable bonds is 3. The molecule has 0 bridgehead atoms. The molecule has 1 aromatic carbocycles. The first kappa shape index (κ1) is 13.9. The maximum absolute atomic E-state index is 12.7. The minimum Gasteiger partial charge on any atom is -0.477 e. The van der Waals surface area contributed by atoms with Crippen molar-refractivity contribution in [1.82, 2.24) is 4.98 Å². The van der Waals surface area contributed by atoms with E-state index in [1.165, 1.54) is 24.3 Å². The number of amides is 2. The van der Waals surface area contributed by atoms with Crippen LogP contribution in [0.15, 0.2) is 24.3 Å². The number of aromatic carboxylic acids is 1. The van der Waals surface area contributed by atoms with Gasteiger partial charge in [-0.2, -0.15) is 0 Å². The number of nitrogens with zero attached hydrogens (tertiary/aromatic N) is 1. The van der Waals surface area contributed by atoms with Gasteiger partial charge in [0.15, 0.2) is 5.13 Å². The lowest BCUT2D eigenvalue weighted by Crippen LogP contribution is -2.19. The summed E-state index contributed by atoms with van der Waals surface area (Å²) >= 11 is 0.866. The number of benzene rings is 1. The highest BCUT2D eigenvalue weighted by atomic mass is 32.1. The number of hydrogen-bond donors (Lipinski definition) is 3. The van der Waals surface area contributed by atoms with Crippen LogP contribution in [0.3, 0.4) is 0 Å². The number of nitrogens with one attached hydrogen (secondary N) is 2. The Morgan fingerprint density at radius 1 is 1.25 bits per heavy atom. The molecule has 8 heteroatoms. The van der Waals surface area contributed by atoms with Gasteiger partial charge in [0.05, 0.1) is 5.69 Å². The van der Waals surface area contributed by atoms with Crippen molar-refractivity contribution in [3.05, 3.63) is 40.7 Å². The van der Waals surface area contributed by atoms with Gasteiger partial charge in [0.2, 0.25) is 0 Å². The first-order valence-electron chi connectivity index (χ1n) is 5.50. The van der Waals surface area contributed by atoms with Gasteiger partial charge < -0.3 is 10.4 Å². The molecule has 3 N–H and O–H groups in total. The molecule has 0 unspecified atom stereocenters. The van der Waals surface area contributed by atoms with Gasteiger partial charge in [-0.05, 0) is 31.2 Å². The summed E-state index contributed by atoms with van der Waals surface area (Å²) in [4.78, 5) is 26.5. The van der Waals surface area contributed by atoms with Crippen LogP contribution >= 0.6 is 11.3 Å². The van der Waals surface area contributed by atoms with Crippen molar-refractivity contribution in [3.8, 4) is 0 Å². The molecular formula is C12H10FN3O3S. The predicted octanol–water partition coefficient (Wildman–Crippen LogP) is 2.93. The number of hydrogen-bond acceptors (Lipinski definition) is 4. The monoisotopic (exact) mass is 295 g/mol. The maximum atomic E-state index is 12.7. The minimum absolute atomic E-state index is 0.0714. The first-order valence-corrected chi connectivity index (χ1v) is 6.31. The van der Waals surface area contributed by atoms with Gasteiger partial charge in [-0.15, -0.1) is 0 Å². The average molecular weight is 295 g/mol. The number of aryl methyl sites for hydroxylation is 1. The third-order valence-corrected chi connectivity index (χ3v) is 3.37. The molecule has 0 fully saturated rings. The molecule has 1 heterocycles. The van der Waals surface area contributed by atoms with E-state index in [-0.39, 0.29) is 10.0 Å². The fourth-order valence-corrected chi connectivity index (χ4v) is 2.24. The number of anilines is 2. The first-order chi connectivity index (χ1) is 9.45. The lowest BCUT2D eigenvalue weighted by Gasteiger charge is -2.04. The van der Waals surface area contributed by atoms with Crippen LogP contribution < -0.4 is 10.6 Å². The van der Waals surface area contributed by atoms with Crippen LogP contribution in [0.1, 0.15) is 15.4 Å². The van der Waals surface area contributed by atoms with E-state index in [0.717, 1.165) is 11.3 Å². The molecule has 0 aliphatic heterocycles. The van der Waals surface area contributed by atoms with E-state index >= 15 is 0 Å². The summed E-state index contributed by atoms with van der Waals surface area (Å²) < 4.78 is 12.7. The zero-order valence-corrected chi connectivity index (χ0v) is 11.1. The van der Waals surface area contributed by atoms with E-state index < -0.39 is 17.8 Å². The molecule has 2 rings (SSSR count). The minimum atomic E-state index is -1.09. The highest BCUT2D eigenvalue weighted by Gasteiger charge is 2.15. The van der Waals surface area contributed by atoms with E-state index in [1.54, 1.807) is 6.92 Å². The zero-order valence-electron chi connectivity index (χ0n) is 10.3. The molecule has 0 saturated carbocycles. The Morgan fingerprint density at radius 3 is 2.45 bits per heavy atom. The van der Waals surface area contributed by atoms with Gasteiger partial charge in [-0.1, -0.05) is 11.3 Å².